The van der Waals surface area contributed by atoms with Crippen LogP contribution in [0.5, 0.6) is 0 Å². The van der Waals surface area contributed by atoms with Gasteiger partial charge in [0.25, 0.3) is 5.56 Å². The lowest BCUT2D eigenvalue weighted by Crippen LogP contribution is -2.25. The molecule has 0 amide bonds. The van der Waals surface area contributed by atoms with Crippen molar-refractivity contribution in [3.05, 3.63) is 93.3 Å². The SMILES string of the molecule is CS(=O)(=O)c1ccc(-c2csc(CC(=O)CSc3nc4nccnc4c(=O)n3CCc3ccccc3)n2)cc1. The monoisotopic (exact) mass is 577 g/mol. The number of hydrogen-bond acceptors (Lipinski definition) is 10. The maximum Gasteiger partial charge on any atom is 0.282 e. The van der Waals surface area contributed by atoms with Gasteiger partial charge in [0.2, 0.25) is 0 Å². The highest BCUT2D eigenvalue weighted by atomic mass is 32.2. The summed E-state index contributed by atoms with van der Waals surface area (Å²) in [5.41, 5.74) is 2.70. The molecule has 5 rings (SSSR count). The number of aromatic nitrogens is 5. The van der Waals surface area contributed by atoms with Crippen LogP contribution in [0.3, 0.4) is 0 Å². The Morgan fingerprint density at radius 1 is 1.00 bits per heavy atom. The lowest BCUT2D eigenvalue weighted by molar-refractivity contribution is -0.116. The first-order valence-electron chi connectivity index (χ1n) is 11.9. The first-order valence-corrected chi connectivity index (χ1v) is 15.7. The van der Waals surface area contributed by atoms with Crippen molar-refractivity contribution in [1.82, 2.24) is 24.5 Å². The van der Waals surface area contributed by atoms with Gasteiger partial charge in [-0.25, -0.2) is 28.4 Å². The first-order chi connectivity index (χ1) is 18.8. The number of thiazole rings is 1. The van der Waals surface area contributed by atoms with Gasteiger partial charge in [0.05, 0.1) is 22.8 Å². The summed E-state index contributed by atoms with van der Waals surface area (Å²) in [4.78, 5) is 43.7. The second kappa shape index (κ2) is 11.6. The Bertz CT molecular complexity index is 1800. The van der Waals surface area contributed by atoms with Gasteiger partial charge in [-0.15, -0.1) is 11.3 Å². The molecule has 0 radical (unpaired) electrons. The molecule has 0 aliphatic rings. The molecular formula is C27H23N5O4S3. The number of nitrogens with zero attached hydrogens (tertiary/aromatic N) is 5. The van der Waals surface area contributed by atoms with Crippen molar-refractivity contribution >= 4 is 49.9 Å². The van der Waals surface area contributed by atoms with Crippen LogP contribution in [0.1, 0.15) is 10.6 Å². The summed E-state index contributed by atoms with van der Waals surface area (Å²) in [5, 5.41) is 2.92. The molecule has 0 unspecified atom stereocenters. The zero-order valence-corrected chi connectivity index (χ0v) is 23.3. The molecule has 0 saturated carbocycles. The van der Waals surface area contributed by atoms with Crippen LogP contribution in [-0.4, -0.2) is 50.7 Å². The molecule has 3 aromatic heterocycles. The summed E-state index contributed by atoms with van der Waals surface area (Å²) in [6.07, 6.45) is 4.88. The van der Waals surface area contributed by atoms with Crippen LogP contribution in [0.15, 0.2) is 87.2 Å². The first kappa shape index (κ1) is 26.9. The predicted octanol–water partition coefficient (Wildman–Crippen LogP) is 3.86. The average molecular weight is 578 g/mol. The van der Waals surface area contributed by atoms with Gasteiger partial charge in [-0.05, 0) is 24.1 Å². The van der Waals surface area contributed by atoms with Crippen molar-refractivity contribution in [2.24, 2.45) is 0 Å². The molecule has 0 fully saturated rings. The van der Waals surface area contributed by atoms with Crippen LogP contribution in [0.2, 0.25) is 0 Å². The lowest BCUT2D eigenvalue weighted by Gasteiger charge is -2.12. The van der Waals surface area contributed by atoms with Crippen LogP contribution in [0.4, 0.5) is 0 Å². The fraction of sp³-hybridized carbons (Fsp3) is 0.185. The molecule has 0 aliphatic heterocycles. The van der Waals surface area contributed by atoms with Gasteiger partial charge in [0, 0.05) is 36.1 Å². The molecule has 198 valence electrons. The van der Waals surface area contributed by atoms with Crippen molar-refractivity contribution in [3.63, 3.8) is 0 Å². The third-order valence-corrected chi connectivity index (χ3v) is 8.88. The van der Waals surface area contributed by atoms with Gasteiger partial charge in [0.15, 0.2) is 26.2 Å². The lowest BCUT2D eigenvalue weighted by atomic mass is 10.1. The van der Waals surface area contributed by atoms with E-state index in [1.54, 1.807) is 28.8 Å². The molecule has 2 aromatic carbocycles. The summed E-state index contributed by atoms with van der Waals surface area (Å²) in [7, 11) is -3.28. The van der Waals surface area contributed by atoms with E-state index in [2.05, 4.69) is 19.9 Å². The highest BCUT2D eigenvalue weighted by Gasteiger charge is 2.16. The Balaban J connectivity index is 1.29. The van der Waals surface area contributed by atoms with Crippen LogP contribution in [0, 0.1) is 0 Å². The second-order valence-corrected chi connectivity index (χ2v) is 12.6. The van der Waals surface area contributed by atoms with E-state index in [-0.39, 0.29) is 39.6 Å². The highest BCUT2D eigenvalue weighted by molar-refractivity contribution is 7.99. The molecule has 0 atom stereocenters. The topological polar surface area (TPSA) is 125 Å². The van der Waals surface area contributed by atoms with E-state index < -0.39 is 9.84 Å². The number of rotatable bonds is 10. The molecule has 0 N–H and O–H groups in total. The van der Waals surface area contributed by atoms with Crippen molar-refractivity contribution in [3.8, 4) is 11.3 Å². The molecule has 0 aliphatic carbocycles. The molecule has 39 heavy (non-hydrogen) atoms. The number of thioether (sulfide) groups is 1. The maximum atomic E-state index is 13.2. The number of hydrogen-bond donors (Lipinski definition) is 0. The van der Waals surface area contributed by atoms with Crippen molar-refractivity contribution in [2.75, 3.05) is 12.0 Å². The largest absolute Gasteiger partial charge is 0.298 e. The minimum Gasteiger partial charge on any atom is -0.298 e. The smallest absolute Gasteiger partial charge is 0.282 e. The molecule has 3 heterocycles. The van der Waals surface area contributed by atoms with E-state index in [0.29, 0.717) is 28.8 Å². The molecule has 0 bridgehead atoms. The Morgan fingerprint density at radius 3 is 2.49 bits per heavy atom. The fourth-order valence-electron chi connectivity index (χ4n) is 3.88. The Labute approximate surface area is 232 Å². The van der Waals surface area contributed by atoms with Crippen molar-refractivity contribution in [2.45, 2.75) is 29.4 Å². The van der Waals surface area contributed by atoms with Crippen LogP contribution in [0.25, 0.3) is 22.4 Å². The molecular weight excluding hydrogens is 555 g/mol. The summed E-state index contributed by atoms with van der Waals surface area (Å²) >= 11 is 2.57. The summed E-state index contributed by atoms with van der Waals surface area (Å²) < 4.78 is 24.9. The quantitative estimate of drug-likeness (QED) is 0.180. The van der Waals surface area contributed by atoms with E-state index in [1.807, 2.05) is 35.7 Å². The third kappa shape index (κ3) is 6.47. The maximum absolute atomic E-state index is 13.2. The number of aryl methyl sites for hydroxylation is 1. The van der Waals surface area contributed by atoms with E-state index in [4.69, 9.17) is 0 Å². The Morgan fingerprint density at radius 2 is 1.74 bits per heavy atom. The number of sulfone groups is 1. The molecule has 5 aromatic rings. The zero-order valence-electron chi connectivity index (χ0n) is 20.9. The van der Waals surface area contributed by atoms with Gasteiger partial charge < -0.3 is 0 Å². The number of carbonyl (C=O) groups excluding carboxylic acids is 1. The van der Waals surface area contributed by atoms with Crippen LogP contribution in [-0.2, 0) is 34.0 Å². The van der Waals surface area contributed by atoms with E-state index in [0.717, 1.165) is 17.4 Å². The minimum absolute atomic E-state index is 0.0589. The van der Waals surface area contributed by atoms with Crippen molar-refractivity contribution < 1.29 is 13.2 Å². The highest BCUT2D eigenvalue weighted by Crippen LogP contribution is 2.25. The van der Waals surface area contributed by atoms with E-state index in [1.165, 1.54) is 35.5 Å². The second-order valence-electron chi connectivity index (χ2n) is 8.74. The van der Waals surface area contributed by atoms with Gasteiger partial charge in [-0.2, -0.15) is 0 Å². The summed E-state index contributed by atoms with van der Waals surface area (Å²) in [6.45, 7) is 0.396. The average Bonchev–Trinajstić information content (AvgIpc) is 3.40. The van der Waals surface area contributed by atoms with Gasteiger partial charge in [-0.1, -0.05) is 54.2 Å². The fourth-order valence-corrected chi connectivity index (χ4v) is 6.22. The van der Waals surface area contributed by atoms with E-state index >= 15 is 0 Å². The predicted molar refractivity (Wildman–Crippen MR) is 152 cm³/mol. The molecule has 9 nitrogen and oxygen atoms in total. The number of fused-ring (bicyclic) bond motifs is 1. The number of benzene rings is 2. The molecule has 0 spiro atoms. The molecule has 12 heteroatoms. The third-order valence-electron chi connectivity index (χ3n) is 5.87. The van der Waals surface area contributed by atoms with Crippen LogP contribution >= 0.6 is 23.1 Å². The zero-order chi connectivity index (χ0) is 27.4. The number of ketones is 1. The minimum atomic E-state index is -3.28. The van der Waals surface area contributed by atoms with Gasteiger partial charge in [-0.3, -0.25) is 14.2 Å². The van der Waals surface area contributed by atoms with E-state index in [9.17, 15) is 18.0 Å². The summed E-state index contributed by atoms with van der Waals surface area (Å²) in [6, 6.07) is 16.3. The van der Waals surface area contributed by atoms with Crippen molar-refractivity contribution in [1.29, 1.82) is 0 Å². The van der Waals surface area contributed by atoms with Crippen LogP contribution < -0.4 is 5.56 Å². The Kier molecular flexibility index (Phi) is 7.96. The Hall–Kier alpha value is -3.74. The van der Waals surface area contributed by atoms with Gasteiger partial charge in [0.1, 0.15) is 10.8 Å². The number of carbonyl (C=O) groups is 1. The normalized spacial score (nSPS) is 11.6. The van der Waals surface area contributed by atoms with Gasteiger partial charge >= 0.3 is 0 Å². The number of Topliss-reactive ketones (excluding diaryl/α,β-unsaturated/α-hetero) is 1. The summed E-state index contributed by atoms with van der Waals surface area (Å²) in [5.74, 6) is 0.0537. The standard InChI is InChI=1S/C27H23N5O4S3/c1-39(35,36)21-9-7-19(8-10-21)22-17-37-23(30-22)15-20(33)16-38-27-31-25-24(28-12-13-29-25)26(34)32(27)14-11-18-5-3-2-4-6-18/h2-10,12-13,17H,11,14-16H2,1H3. The molecule has 0 saturated heterocycles.